The fourth-order valence-electron chi connectivity index (χ4n) is 4.48. The SMILES string of the molecule is Nc1nc(N2CCC(N(CCc3ccc(Cl)cc3)Cc3cccc(-c4nn[nH]n4)c3)CC2)n[nH]1. The number of benzene rings is 2. The van der Waals surface area contributed by atoms with Crippen molar-refractivity contribution in [2.45, 2.75) is 31.8 Å². The lowest BCUT2D eigenvalue weighted by molar-refractivity contribution is 0.162. The van der Waals surface area contributed by atoms with Gasteiger partial charge in [-0.1, -0.05) is 41.9 Å². The third-order valence-electron chi connectivity index (χ3n) is 6.27. The van der Waals surface area contributed by atoms with Crippen LogP contribution in [0.25, 0.3) is 11.4 Å². The zero-order valence-corrected chi connectivity index (χ0v) is 19.5. The molecule has 0 aliphatic carbocycles. The van der Waals surface area contributed by atoms with E-state index in [9.17, 15) is 0 Å². The zero-order valence-electron chi connectivity index (χ0n) is 18.7. The van der Waals surface area contributed by atoms with Crippen molar-refractivity contribution in [1.82, 2.24) is 40.7 Å². The van der Waals surface area contributed by atoms with Crippen LogP contribution in [0.1, 0.15) is 24.0 Å². The van der Waals surface area contributed by atoms with Crippen LogP contribution in [0.2, 0.25) is 5.02 Å². The quantitative estimate of drug-likeness (QED) is 0.352. The molecule has 34 heavy (non-hydrogen) atoms. The Hall–Kier alpha value is -3.50. The summed E-state index contributed by atoms with van der Waals surface area (Å²) in [4.78, 5) is 9.05. The van der Waals surface area contributed by atoms with Gasteiger partial charge in [-0.2, -0.15) is 10.2 Å². The van der Waals surface area contributed by atoms with Gasteiger partial charge in [0.2, 0.25) is 17.7 Å². The molecule has 5 rings (SSSR count). The molecular weight excluding hydrogens is 452 g/mol. The molecule has 1 aliphatic rings. The van der Waals surface area contributed by atoms with Crippen molar-refractivity contribution < 1.29 is 0 Å². The summed E-state index contributed by atoms with van der Waals surface area (Å²) < 4.78 is 0. The highest BCUT2D eigenvalue weighted by Gasteiger charge is 2.26. The number of halogens is 1. The number of piperidine rings is 1. The van der Waals surface area contributed by atoms with E-state index in [0.29, 0.717) is 23.8 Å². The highest BCUT2D eigenvalue weighted by molar-refractivity contribution is 6.30. The fraction of sp³-hybridized carbons (Fsp3) is 0.348. The molecule has 3 heterocycles. The maximum atomic E-state index is 6.07. The van der Waals surface area contributed by atoms with E-state index in [1.165, 1.54) is 11.1 Å². The molecule has 1 saturated heterocycles. The van der Waals surface area contributed by atoms with Crippen LogP contribution in [-0.4, -0.2) is 66.4 Å². The van der Waals surface area contributed by atoms with Crippen molar-refractivity contribution in [3.8, 4) is 11.4 Å². The summed E-state index contributed by atoms with van der Waals surface area (Å²) in [5.74, 6) is 1.63. The van der Waals surface area contributed by atoms with E-state index in [2.05, 4.69) is 75.9 Å². The molecule has 0 amide bonds. The van der Waals surface area contributed by atoms with Gasteiger partial charge in [0.05, 0.1) is 0 Å². The van der Waals surface area contributed by atoms with E-state index >= 15 is 0 Å². The molecule has 0 radical (unpaired) electrons. The summed E-state index contributed by atoms with van der Waals surface area (Å²) >= 11 is 6.07. The van der Waals surface area contributed by atoms with Crippen molar-refractivity contribution >= 4 is 23.5 Å². The largest absolute Gasteiger partial charge is 0.368 e. The number of H-pyrrole nitrogens is 2. The number of tetrazole rings is 1. The number of aromatic amines is 2. The van der Waals surface area contributed by atoms with Crippen LogP contribution in [0.15, 0.2) is 48.5 Å². The third-order valence-corrected chi connectivity index (χ3v) is 6.52. The van der Waals surface area contributed by atoms with E-state index in [4.69, 9.17) is 17.3 Å². The molecule has 2 aromatic heterocycles. The molecule has 0 unspecified atom stereocenters. The Morgan fingerprint density at radius 1 is 1.06 bits per heavy atom. The Bertz CT molecular complexity index is 1180. The molecule has 2 aromatic carbocycles. The number of nitrogens with one attached hydrogen (secondary N) is 2. The number of hydrogen-bond donors (Lipinski definition) is 3. The minimum atomic E-state index is 0.350. The second kappa shape index (κ2) is 10.2. The van der Waals surface area contributed by atoms with Gasteiger partial charge in [0, 0.05) is 42.8 Å². The predicted octanol–water partition coefficient (Wildman–Crippen LogP) is 2.93. The molecule has 0 bridgehead atoms. The van der Waals surface area contributed by atoms with Gasteiger partial charge in [0.25, 0.3) is 0 Å². The standard InChI is InChI=1S/C23H27ClN10/c24-19-6-4-16(5-7-19)8-11-34(15-17-2-1-3-18(14-17)21-27-31-32-28-21)20-9-12-33(13-10-20)23-26-22(25)29-30-23/h1-7,14,20H,8-13,15H2,(H3,25,26,29,30)(H,27,28,31,32). The van der Waals surface area contributed by atoms with Crippen LogP contribution in [0.4, 0.5) is 11.9 Å². The van der Waals surface area contributed by atoms with Gasteiger partial charge in [-0.25, -0.2) is 5.10 Å². The number of nitrogens with two attached hydrogens (primary N) is 1. The molecule has 0 saturated carbocycles. The van der Waals surface area contributed by atoms with E-state index in [1.54, 1.807) is 0 Å². The number of hydrogen-bond acceptors (Lipinski definition) is 8. The average molecular weight is 479 g/mol. The molecule has 4 aromatic rings. The zero-order chi connectivity index (χ0) is 23.3. The number of nitrogens with zero attached hydrogens (tertiary/aromatic N) is 7. The molecule has 1 aliphatic heterocycles. The Morgan fingerprint density at radius 2 is 1.88 bits per heavy atom. The van der Waals surface area contributed by atoms with Crippen LogP contribution in [0.3, 0.4) is 0 Å². The number of nitrogen functional groups attached to an aromatic ring is 1. The number of rotatable bonds is 8. The second-order valence-corrected chi connectivity index (χ2v) is 8.96. The molecule has 0 atom stereocenters. The van der Waals surface area contributed by atoms with E-state index in [1.807, 2.05) is 18.2 Å². The van der Waals surface area contributed by atoms with Crippen molar-refractivity contribution in [3.63, 3.8) is 0 Å². The molecular formula is C23H27ClN10. The monoisotopic (exact) mass is 478 g/mol. The smallest absolute Gasteiger partial charge is 0.246 e. The Balaban J connectivity index is 1.30. The van der Waals surface area contributed by atoms with Crippen LogP contribution in [0.5, 0.6) is 0 Å². The topological polar surface area (TPSA) is 129 Å². The van der Waals surface area contributed by atoms with Gasteiger partial charge in [0.1, 0.15) is 0 Å². The van der Waals surface area contributed by atoms with E-state index in [0.717, 1.165) is 56.0 Å². The lowest BCUT2D eigenvalue weighted by atomic mass is 10.0. The van der Waals surface area contributed by atoms with Gasteiger partial charge in [-0.3, -0.25) is 4.90 Å². The lowest BCUT2D eigenvalue weighted by Crippen LogP contribution is -2.45. The first-order valence-electron chi connectivity index (χ1n) is 11.4. The highest BCUT2D eigenvalue weighted by atomic mass is 35.5. The maximum Gasteiger partial charge on any atom is 0.246 e. The summed E-state index contributed by atoms with van der Waals surface area (Å²) in [7, 11) is 0. The van der Waals surface area contributed by atoms with Gasteiger partial charge >= 0.3 is 0 Å². The maximum absolute atomic E-state index is 6.07. The normalized spacial score (nSPS) is 14.7. The van der Waals surface area contributed by atoms with Gasteiger partial charge in [0.15, 0.2) is 0 Å². The summed E-state index contributed by atoms with van der Waals surface area (Å²) in [6.07, 6.45) is 3.01. The van der Waals surface area contributed by atoms with Gasteiger partial charge < -0.3 is 10.6 Å². The van der Waals surface area contributed by atoms with E-state index < -0.39 is 0 Å². The molecule has 4 N–H and O–H groups in total. The Morgan fingerprint density at radius 3 is 2.59 bits per heavy atom. The first-order chi connectivity index (χ1) is 16.6. The first kappa shape index (κ1) is 22.3. The van der Waals surface area contributed by atoms with Crippen LogP contribution < -0.4 is 10.6 Å². The second-order valence-electron chi connectivity index (χ2n) is 8.52. The predicted molar refractivity (Wildman–Crippen MR) is 131 cm³/mol. The average Bonchev–Trinajstić information content (AvgIpc) is 3.55. The van der Waals surface area contributed by atoms with E-state index in [-0.39, 0.29) is 0 Å². The summed E-state index contributed by atoms with van der Waals surface area (Å²) in [5.41, 5.74) is 9.18. The first-order valence-corrected chi connectivity index (χ1v) is 11.8. The fourth-order valence-corrected chi connectivity index (χ4v) is 4.61. The van der Waals surface area contributed by atoms with Gasteiger partial charge in [-0.15, -0.1) is 15.3 Å². The van der Waals surface area contributed by atoms with Crippen molar-refractivity contribution in [3.05, 3.63) is 64.7 Å². The molecule has 10 nitrogen and oxygen atoms in total. The minimum Gasteiger partial charge on any atom is -0.368 e. The Labute approximate surface area is 202 Å². The summed E-state index contributed by atoms with van der Waals surface area (Å²) in [6.45, 7) is 3.58. The highest BCUT2D eigenvalue weighted by Crippen LogP contribution is 2.24. The Kier molecular flexibility index (Phi) is 6.68. The molecule has 176 valence electrons. The van der Waals surface area contributed by atoms with Crippen LogP contribution >= 0.6 is 11.6 Å². The van der Waals surface area contributed by atoms with Crippen LogP contribution in [0, 0.1) is 0 Å². The molecule has 0 spiro atoms. The van der Waals surface area contributed by atoms with Crippen molar-refractivity contribution in [2.75, 3.05) is 30.3 Å². The molecule has 11 heteroatoms. The minimum absolute atomic E-state index is 0.350. The van der Waals surface area contributed by atoms with Crippen molar-refractivity contribution in [1.29, 1.82) is 0 Å². The van der Waals surface area contributed by atoms with Gasteiger partial charge in [-0.05, 0) is 53.8 Å². The lowest BCUT2D eigenvalue weighted by Gasteiger charge is -2.38. The third kappa shape index (κ3) is 5.35. The summed E-state index contributed by atoms with van der Waals surface area (Å²) in [6, 6.07) is 16.9. The number of anilines is 2. The summed E-state index contributed by atoms with van der Waals surface area (Å²) in [5, 5.41) is 22.2. The van der Waals surface area contributed by atoms with Crippen LogP contribution in [-0.2, 0) is 13.0 Å². The number of aromatic nitrogens is 7. The molecule has 1 fully saturated rings. The van der Waals surface area contributed by atoms with Crippen molar-refractivity contribution in [2.24, 2.45) is 0 Å².